The van der Waals surface area contributed by atoms with Crippen molar-refractivity contribution in [2.45, 2.75) is 71.1 Å². The van der Waals surface area contributed by atoms with E-state index in [4.69, 9.17) is 4.74 Å². The van der Waals surface area contributed by atoms with Crippen molar-refractivity contribution in [3.05, 3.63) is 0 Å². The van der Waals surface area contributed by atoms with Gasteiger partial charge in [0, 0.05) is 7.11 Å². The number of rotatable bonds is 5. The van der Waals surface area contributed by atoms with Crippen LogP contribution in [0.4, 0.5) is 0 Å². The maximum Gasteiger partial charge on any atom is 0.178 e. The van der Waals surface area contributed by atoms with Gasteiger partial charge in [-0.3, -0.25) is 0 Å². The molecule has 0 heterocycles. The molecule has 1 aliphatic rings. The van der Waals surface area contributed by atoms with Crippen molar-refractivity contribution < 1.29 is 4.74 Å². The number of nitrogens with zero attached hydrogens (tertiary/aromatic N) is 2. The van der Waals surface area contributed by atoms with Gasteiger partial charge in [0.05, 0.1) is 6.04 Å². The fraction of sp³-hybridized carbons (Fsp3) is 1.00. The summed E-state index contributed by atoms with van der Waals surface area (Å²) in [6.45, 7) is 6.58. The van der Waals surface area contributed by atoms with Crippen LogP contribution in [0.5, 0.6) is 0 Å². The summed E-state index contributed by atoms with van der Waals surface area (Å²) in [5.74, 6) is 0.679. The minimum Gasteiger partial charge on any atom is -0.355 e. The molecule has 0 aromatic rings. The monoisotopic (exact) mass is 226 g/mol. The summed E-state index contributed by atoms with van der Waals surface area (Å²) < 4.78 is 5.57. The first-order valence-electron chi connectivity index (χ1n) is 6.55. The molecular formula is C13H26N2O. The number of hydrogen-bond acceptors (Lipinski definition) is 3. The first-order valence-corrected chi connectivity index (χ1v) is 6.55. The van der Waals surface area contributed by atoms with Crippen LogP contribution in [0.15, 0.2) is 10.2 Å². The molecule has 0 aromatic carbocycles. The van der Waals surface area contributed by atoms with Crippen LogP contribution in [-0.2, 0) is 4.74 Å². The van der Waals surface area contributed by atoms with E-state index in [1.54, 1.807) is 7.11 Å². The van der Waals surface area contributed by atoms with Crippen LogP contribution in [0.25, 0.3) is 0 Å². The quantitative estimate of drug-likeness (QED) is 0.647. The molecule has 0 aliphatic heterocycles. The normalized spacial score (nSPS) is 22.8. The summed E-state index contributed by atoms with van der Waals surface area (Å²) in [4.78, 5) is 0. The second kappa shape index (κ2) is 6.33. The molecular weight excluding hydrogens is 200 g/mol. The predicted molar refractivity (Wildman–Crippen MR) is 66.6 cm³/mol. The smallest absolute Gasteiger partial charge is 0.178 e. The van der Waals surface area contributed by atoms with Gasteiger partial charge in [-0.1, -0.05) is 20.3 Å². The molecule has 0 radical (unpaired) electrons. The average Bonchev–Trinajstić information content (AvgIpc) is 2.27. The Bertz CT molecular complexity index is 220. The van der Waals surface area contributed by atoms with E-state index in [2.05, 4.69) is 31.0 Å². The third-order valence-corrected chi connectivity index (χ3v) is 3.26. The van der Waals surface area contributed by atoms with Gasteiger partial charge < -0.3 is 4.74 Å². The molecule has 3 nitrogen and oxygen atoms in total. The Morgan fingerprint density at radius 2 is 1.75 bits per heavy atom. The van der Waals surface area contributed by atoms with Crippen molar-refractivity contribution >= 4 is 0 Å². The van der Waals surface area contributed by atoms with E-state index in [1.165, 1.54) is 19.3 Å². The molecule has 0 saturated heterocycles. The summed E-state index contributed by atoms with van der Waals surface area (Å²) in [6.07, 6.45) is 6.89. The lowest BCUT2D eigenvalue weighted by Crippen LogP contribution is -2.31. The molecule has 0 spiro atoms. The molecule has 0 N–H and O–H groups in total. The average molecular weight is 226 g/mol. The second-order valence-electron chi connectivity index (χ2n) is 5.41. The van der Waals surface area contributed by atoms with Crippen LogP contribution in [0.1, 0.15) is 59.3 Å². The van der Waals surface area contributed by atoms with Crippen LogP contribution < -0.4 is 0 Å². The number of methoxy groups -OCH3 is 1. The van der Waals surface area contributed by atoms with Crippen molar-refractivity contribution in [2.24, 2.45) is 16.1 Å². The topological polar surface area (TPSA) is 34.0 Å². The van der Waals surface area contributed by atoms with E-state index in [0.717, 1.165) is 19.3 Å². The lowest BCUT2D eigenvalue weighted by Gasteiger charge is -2.31. The third-order valence-electron chi connectivity index (χ3n) is 3.26. The van der Waals surface area contributed by atoms with Gasteiger partial charge in [0.25, 0.3) is 0 Å². The van der Waals surface area contributed by atoms with E-state index in [0.29, 0.717) is 12.0 Å². The van der Waals surface area contributed by atoms with Crippen LogP contribution >= 0.6 is 0 Å². The van der Waals surface area contributed by atoms with Crippen LogP contribution in [0.3, 0.4) is 0 Å². The third kappa shape index (κ3) is 4.20. The molecule has 0 aromatic heterocycles. The van der Waals surface area contributed by atoms with Gasteiger partial charge in [-0.2, -0.15) is 10.2 Å². The zero-order valence-electron chi connectivity index (χ0n) is 11.2. The fourth-order valence-corrected chi connectivity index (χ4v) is 2.38. The Kier molecular flexibility index (Phi) is 5.39. The van der Waals surface area contributed by atoms with E-state index in [1.807, 2.05) is 0 Å². The highest BCUT2D eigenvalue weighted by molar-refractivity contribution is 4.80. The maximum atomic E-state index is 5.57. The van der Waals surface area contributed by atoms with E-state index < -0.39 is 0 Å². The second-order valence-corrected chi connectivity index (χ2v) is 5.41. The van der Waals surface area contributed by atoms with Gasteiger partial charge in [-0.15, -0.1) is 0 Å². The van der Waals surface area contributed by atoms with Crippen molar-refractivity contribution in [3.63, 3.8) is 0 Å². The van der Waals surface area contributed by atoms with Crippen LogP contribution in [0, 0.1) is 5.92 Å². The molecule has 1 unspecified atom stereocenters. The number of ether oxygens (including phenoxy) is 1. The molecule has 1 rings (SSSR count). The largest absolute Gasteiger partial charge is 0.355 e. The Labute approximate surface area is 99.7 Å². The van der Waals surface area contributed by atoms with Gasteiger partial charge in [0.1, 0.15) is 0 Å². The number of hydrogen-bond donors (Lipinski definition) is 0. The lowest BCUT2D eigenvalue weighted by molar-refractivity contribution is -0.0385. The Balaban J connectivity index is 2.50. The van der Waals surface area contributed by atoms with Crippen molar-refractivity contribution in [3.8, 4) is 0 Å². The highest BCUT2D eigenvalue weighted by Gasteiger charge is 2.31. The molecule has 3 heteroatoms. The summed E-state index contributed by atoms with van der Waals surface area (Å²) in [6, 6.07) is 0.314. The highest BCUT2D eigenvalue weighted by Crippen LogP contribution is 2.32. The van der Waals surface area contributed by atoms with Crippen molar-refractivity contribution in [1.29, 1.82) is 0 Å². The highest BCUT2D eigenvalue weighted by atomic mass is 16.5. The van der Waals surface area contributed by atoms with Gasteiger partial charge in [-0.25, -0.2) is 0 Å². The van der Waals surface area contributed by atoms with E-state index in [-0.39, 0.29) is 5.72 Å². The Hall–Kier alpha value is -0.440. The summed E-state index contributed by atoms with van der Waals surface area (Å²) in [5.41, 5.74) is -0.302. The molecule has 16 heavy (non-hydrogen) atoms. The van der Waals surface area contributed by atoms with Gasteiger partial charge in [0.15, 0.2) is 5.72 Å². The molecule has 1 fully saturated rings. The predicted octanol–water partition coefficient (Wildman–Crippen LogP) is 4.18. The van der Waals surface area contributed by atoms with Gasteiger partial charge in [0.2, 0.25) is 0 Å². The molecule has 1 atom stereocenters. The minimum absolute atomic E-state index is 0.302. The van der Waals surface area contributed by atoms with Crippen molar-refractivity contribution in [1.82, 2.24) is 0 Å². The van der Waals surface area contributed by atoms with E-state index in [9.17, 15) is 0 Å². The summed E-state index contributed by atoms with van der Waals surface area (Å²) >= 11 is 0. The molecule has 0 bridgehead atoms. The SMILES string of the molecule is COC1(N=NC(C)CC(C)C)CCCCC1. The Morgan fingerprint density at radius 3 is 2.25 bits per heavy atom. The zero-order valence-corrected chi connectivity index (χ0v) is 11.2. The summed E-state index contributed by atoms with van der Waals surface area (Å²) in [5, 5.41) is 8.92. The first-order chi connectivity index (χ1) is 7.58. The zero-order chi connectivity index (χ0) is 12.0. The molecule has 0 amide bonds. The molecule has 1 saturated carbocycles. The van der Waals surface area contributed by atoms with Gasteiger partial charge in [-0.05, 0) is 44.9 Å². The number of azo groups is 1. The van der Waals surface area contributed by atoms with Crippen molar-refractivity contribution in [2.75, 3.05) is 7.11 Å². The fourth-order valence-electron chi connectivity index (χ4n) is 2.38. The van der Waals surface area contributed by atoms with Crippen LogP contribution in [-0.4, -0.2) is 18.9 Å². The summed E-state index contributed by atoms with van der Waals surface area (Å²) in [7, 11) is 1.76. The lowest BCUT2D eigenvalue weighted by atomic mass is 9.92. The van der Waals surface area contributed by atoms with E-state index >= 15 is 0 Å². The molecule has 1 aliphatic carbocycles. The first kappa shape index (κ1) is 13.6. The van der Waals surface area contributed by atoms with Gasteiger partial charge >= 0.3 is 0 Å². The van der Waals surface area contributed by atoms with Crippen LogP contribution in [0.2, 0.25) is 0 Å². The molecule has 94 valence electrons. The minimum atomic E-state index is -0.302. The standard InChI is InChI=1S/C13H26N2O/c1-11(2)10-12(3)14-15-13(16-4)8-6-5-7-9-13/h11-12H,5-10H2,1-4H3. The maximum absolute atomic E-state index is 5.57. The Morgan fingerprint density at radius 1 is 1.12 bits per heavy atom.